The largest absolute Gasteiger partial charge is 0.325 e. The second-order valence-electron chi connectivity index (χ2n) is 4.66. The number of hydrogen-bond donors (Lipinski definition) is 1. The second kappa shape index (κ2) is 7.02. The number of benzene rings is 1. The normalized spacial score (nSPS) is 12.4. The number of carbonyl (C=O) groups is 1. The SMILES string of the molecule is CC(c1cccs1)N(C)CC(=O)Nc1ccc(Br)cc1. The van der Waals surface area contributed by atoms with Gasteiger partial charge in [0.2, 0.25) is 5.91 Å². The molecule has 1 atom stereocenters. The van der Waals surface area contributed by atoms with E-state index < -0.39 is 0 Å². The summed E-state index contributed by atoms with van der Waals surface area (Å²) < 4.78 is 0.999. The average Bonchev–Trinajstić information content (AvgIpc) is 2.94. The molecule has 20 heavy (non-hydrogen) atoms. The molecule has 0 fully saturated rings. The van der Waals surface area contributed by atoms with E-state index in [9.17, 15) is 4.79 Å². The molecule has 106 valence electrons. The van der Waals surface area contributed by atoms with Crippen molar-refractivity contribution >= 4 is 38.9 Å². The van der Waals surface area contributed by atoms with Gasteiger partial charge in [-0.05, 0) is 49.7 Å². The predicted octanol–water partition coefficient (Wildman–Crippen LogP) is 4.14. The van der Waals surface area contributed by atoms with Crippen molar-refractivity contribution in [3.63, 3.8) is 0 Å². The number of nitrogens with one attached hydrogen (secondary N) is 1. The van der Waals surface area contributed by atoms with Crippen LogP contribution in [-0.4, -0.2) is 24.4 Å². The Kier molecular flexibility index (Phi) is 5.34. The highest BCUT2D eigenvalue weighted by Crippen LogP contribution is 2.23. The Morgan fingerprint density at radius 3 is 2.65 bits per heavy atom. The monoisotopic (exact) mass is 352 g/mol. The van der Waals surface area contributed by atoms with Crippen molar-refractivity contribution in [2.45, 2.75) is 13.0 Å². The molecule has 1 unspecified atom stereocenters. The van der Waals surface area contributed by atoms with E-state index in [1.807, 2.05) is 42.3 Å². The fourth-order valence-electron chi connectivity index (χ4n) is 1.84. The van der Waals surface area contributed by atoms with Gasteiger partial charge in [-0.15, -0.1) is 11.3 Å². The van der Waals surface area contributed by atoms with E-state index in [4.69, 9.17) is 0 Å². The molecule has 0 aliphatic rings. The van der Waals surface area contributed by atoms with E-state index in [-0.39, 0.29) is 11.9 Å². The van der Waals surface area contributed by atoms with Crippen LogP contribution in [0.2, 0.25) is 0 Å². The number of halogens is 1. The fraction of sp³-hybridized carbons (Fsp3) is 0.267. The van der Waals surface area contributed by atoms with Crippen molar-refractivity contribution in [2.24, 2.45) is 0 Å². The number of thiophene rings is 1. The number of likely N-dealkylation sites (N-methyl/N-ethyl adjacent to an activating group) is 1. The molecule has 2 rings (SSSR count). The van der Waals surface area contributed by atoms with E-state index in [0.717, 1.165) is 10.2 Å². The highest BCUT2D eigenvalue weighted by atomic mass is 79.9. The van der Waals surface area contributed by atoms with Crippen molar-refractivity contribution in [1.82, 2.24) is 4.90 Å². The first-order chi connectivity index (χ1) is 9.56. The van der Waals surface area contributed by atoms with Crippen molar-refractivity contribution in [3.05, 3.63) is 51.1 Å². The highest BCUT2D eigenvalue weighted by Gasteiger charge is 2.15. The molecule has 1 heterocycles. The zero-order valence-electron chi connectivity index (χ0n) is 11.5. The van der Waals surface area contributed by atoms with Crippen molar-refractivity contribution in [3.8, 4) is 0 Å². The van der Waals surface area contributed by atoms with Gasteiger partial charge >= 0.3 is 0 Å². The Morgan fingerprint density at radius 1 is 1.35 bits per heavy atom. The van der Waals surface area contributed by atoms with Crippen LogP contribution in [0.1, 0.15) is 17.8 Å². The molecule has 3 nitrogen and oxygen atoms in total. The van der Waals surface area contributed by atoms with Gasteiger partial charge in [0.05, 0.1) is 6.54 Å². The van der Waals surface area contributed by atoms with E-state index in [2.05, 4.69) is 39.6 Å². The number of nitrogens with zero attached hydrogens (tertiary/aromatic N) is 1. The van der Waals surface area contributed by atoms with Crippen molar-refractivity contribution in [1.29, 1.82) is 0 Å². The first-order valence-electron chi connectivity index (χ1n) is 6.35. The van der Waals surface area contributed by atoms with Gasteiger partial charge in [0.25, 0.3) is 0 Å². The molecule has 0 saturated heterocycles. The third-order valence-corrected chi connectivity index (χ3v) is 4.71. The van der Waals surface area contributed by atoms with E-state index in [0.29, 0.717) is 6.54 Å². The Hall–Kier alpha value is -1.17. The zero-order valence-corrected chi connectivity index (χ0v) is 13.9. The molecule has 0 aliphatic carbocycles. The van der Waals surface area contributed by atoms with Crippen LogP contribution in [0.25, 0.3) is 0 Å². The van der Waals surface area contributed by atoms with Crippen LogP contribution >= 0.6 is 27.3 Å². The van der Waals surface area contributed by atoms with Gasteiger partial charge in [-0.3, -0.25) is 9.69 Å². The van der Waals surface area contributed by atoms with Gasteiger partial charge in [-0.25, -0.2) is 0 Å². The molecule has 5 heteroatoms. The Balaban J connectivity index is 1.89. The maximum Gasteiger partial charge on any atom is 0.238 e. The number of carbonyl (C=O) groups excluding carboxylic acids is 1. The van der Waals surface area contributed by atoms with Crippen LogP contribution in [0.15, 0.2) is 46.3 Å². The molecule has 0 aliphatic heterocycles. The summed E-state index contributed by atoms with van der Waals surface area (Å²) in [5.74, 6) is -0.00164. The van der Waals surface area contributed by atoms with Gasteiger partial charge < -0.3 is 5.32 Å². The lowest BCUT2D eigenvalue weighted by Crippen LogP contribution is -2.31. The summed E-state index contributed by atoms with van der Waals surface area (Å²) in [6.45, 7) is 2.48. The highest BCUT2D eigenvalue weighted by molar-refractivity contribution is 9.10. The maximum atomic E-state index is 12.0. The van der Waals surface area contributed by atoms with Gasteiger partial charge in [0.15, 0.2) is 0 Å². The smallest absolute Gasteiger partial charge is 0.238 e. The fourth-order valence-corrected chi connectivity index (χ4v) is 2.96. The van der Waals surface area contributed by atoms with Crippen molar-refractivity contribution in [2.75, 3.05) is 18.9 Å². The second-order valence-corrected chi connectivity index (χ2v) is 6.56. The summed E-state index contributed by atoms with van der Waals surface area (Å²) in [6, 6.07) is 12.0. The third kappa shape index (κ3) is 4.16. The Morgan fingerprint density at radius 2 is 2.05 bits per heavy atom. The molecule has 0 spiro atoms. The first kappa shape index (κ1) is 15.2. The summed E-state index contributed by atoms with van der Waals surface area (Å²) in [7, 11) is 1.96. The van der Waals surface area contributed by atoms with Gasteiger partial charge in [0, 0.05) is 21.1 Å². The van der Waals surface area contributed by atoms with Gasteiger partial charge in [-0.1, -0.05) is 22.0 Å². The molecule has 0 saturated carbocycles. The number of amides is 1. The van der Waals surface area contributed by atoms with Crippen LogP contribution in [0, 0.1) is 0 Å². The van der Waals surface area contributed by atoms with E-state index in [1.54, 1.807) is 11.3 Å². The van der Waals surface area contributed by atoms with Gasteiger partial charge in [0.1, 0.15) is 0 Å². The van der Waals surface area contributed by atoms with Crippen LogP contribution in [-0.2, 0) is 4.79 Å². The molecule has 2 aromatic rings. The quantitative estimate of drug-likeness (QED) is 0.876. The minimum Gasteiger partial charge on any atom is -0.325 e. The molecule has 0 radical (unpaired) electrons. The molecule has 1 amide bonds. The molecule has 0 bridgehead atoms. The van der Waals surface area contributed by atoms with E-state index >= 15 is 0 Å². The van der Waals surface area contributed by atoms with Crippen LogP contribution < -0.4 is 5.32 Å². The van der Waals surface area contributed by atoms with Crippen LogP contribution in [0.3, 0.4) is 0 Å². The summed E-state index contributed by atoms with van der Waals surface area (Å²) in [4.78, 5) is 15.3. The minimum absolute atomic E-state index is 0.00164. The van der Waals surface area contributed by atoms with Crippen molar-refractivity contribution < 1.29 is 4.79 Å². The lowest BCUT2D eigenvalue weighted by molar-refractivity contribution is -0.117. The number of hydrogen-bond acceptors (Lipinski definition) is 3. The Labute approximate surface area is 131 Å². The van der Waals surface area contributed by atoms with E-state index in [1.165, 1.54) is 4.88 Å². The lowest BCUT2D eigenvalue weighted by Gasteiger charge is -2.23. The lowest BCUT2D eigenvalue weighted by atomic mass is 10.2. The number of anilines is 1. The molecular weight excluding hydrogens is 336 g/mol. The summed E-state index contributed by atoms with van der Waals surface area (Å²) in [5, 5.41) is 4.96. The maximum absolute atomic E-state index is 12.0. The summed E-state index contributed by atoms with van der Waals surface area (Å²) >= 11 is 5.09. The number of rotatable bonds is 5. The summed E-state index contributed by atoms with van der Waals surface area (Å²) in [6.07, 6.45) is 0. The first-order valence-corrected chi connectivity index (χ1v) is 8.02. The average molecular weight is 353 g/mol. The third-order valence-electron chi connectivity index (χ3n) is 3.14. The minimum atomic E-state index is -0.00164. The standard InChI is InChI=1S/C15H17BrN2OS/c1-11(14-4-3-9-20-14)18(2)10-15(19)17-13-7-5-12(16)6-8-13/h3-9,11H,10H2,1-2H3,(H,17,19). The molecule has 1 aromatic heterocycles. The van der Waals surface area contributed by atoms with Gasteiger partial charge in [-0.2, -0.15) is 0 Å². The van der Waals surface area contributed by atoms with Crippen LogP contribution in [0.4, 0.5) is 5.69 Å². The molecule has 1 aromatic carbocycles. The topological polar surface area (TPSA) is 32.3 Å². The Bertz CT molecular complexity index is 554. The van der Waals surface area contributed by atoms with Crippen LogP contribution in [0.5, 0.6) is 0 Å². The predicted molar refractivity (Wildman–Crippen MR) is 88.1 cm³/mol. The molecule has 1 N–H and O–H groups in total. The molecular formula is C15H17BrN2OS. The zero-order chi connectivity index (χ0) is 14.5. The summed E-state index contributed by atoms with van der Waals surface area (Å²) in [5.41, 5.74) is 0.815.